The second-order valence-electron chi connectivity index (χ2n) is 4.74. The summed E-state index contributed by atoms with van der Waals surface area (Å²) < 4.78 is 13.1. The van der Waals surface area contributed by atoms with Crippen molar-refractivity contribution in [1.82, 2.24) is 0 Å². The smallest absolute Gasteiger partial charge is 0.166 e. The minimum atomic E-state index is -0.569. The second-order valence-corrected chi connectivity index (χ2v) is 4.74. The molecule has 0 aromatic heterocycles. The van der Waals surface area contributed by atoms with Crippen LogP contribution in [0.2, 0.25) is 0 Å². The lowest BCUT2D eigenvalue weighted by Crippen LogP contribution is -2.23. The van der Waals surface area contributed by atoms with E-state index < -0.39 is 5.82 Å². The fourth-order valence-corrected chi connectivity index (χ4v) is 2.17. The Morgan fingerprint density at radius 2 is 2.25 bits per heavy atom. The number of benzene rings is 1. The van der Waals surface area contributed by atoms with E-state index in [1.165, 1.54) is 31.4 Å². The number of aromatic hydroxyl groups is 1. The summed E-state index contributed by atoms with van der Waals surface area (Å²) >= 11 is 0. The van der Waals surface area contributed by atoms with Crippen molar-refractivity contribution in [3.8, 4) is 5.75 Å². The van der Waals surface area contributed by atoms with Crippen molar-refractivity contribution in [2.75, 3.05) is 5.32 Å². The maximum Gasteiger partial charge on any atom is 0.166 e. The Labute approximate surface area is 95.5 Å². The predicted octanol–water partition coefficient (Wildman–Crippen LogP) is 3.52. The van der Waals surface area contributed by atoms with E-state index in [0.29, 0.717) is 6.04 Å². The van der Waals surface area contributed by atoms with E-state index in [1.54, 1.807) is 6.07 Å². The first kappa shape index (κ1) is 11.2. The highest BCUT2D eigenvalue weighted by Gasteiger charge is 2.19. The van der Waals surface area contributed by atoms with Gasteiger partial charge in [0, 0.05) is 17.8 Å². The van der Waals surface area contributed by atoms with Gasteiger partial charge in [-0.25, -0.2) is 4.39 Å². The van der Waals surface area contributed by atoms with Gasteiger partial charge in [-0.15, -0.1) is 0 Å². The Kier molecular flexibility index (Phi) is 3.32. The standard InChI is InChI=1S/C13H18FNO/c1-9(7-10-3-2-4-10)15-11-5-6-13(16)12(14)8-11/h5-6,8-10,15-16H,2-4,7H2,1H3. The molecular formula is C13H18FNO. The van der Waals surface area contributed by atoms with Crippen LogP contribution in [0.3, 0.4) is 0 Å². The van der Waals surface area contributed by atoms with Crippen LogP contribution in [0.15, 0.2) is 18.2 Å². The molecule has 3 heteroatoms. The highest BCUT2D eigenvalue weighted by atomic mass is 19.1. The Morgan fingerprint density at radius 1 is 1.50 bits per heavy atom. The van der Waals surface area contributed by atoms with Crippen molar-refractivity contribution in [1.29, 1.82) is 0 Å². The van der Waals surface area contributed by atoms with Crippen LogP contribution in [0.1, 0.15) is 32.6 Å². The monoisotopic (exact) mass is 223 g/mol. The lowest BCUT2D eigenvalue weighted by molar-refractivity contribution is 0.286. The molecule has 0 radical (unpaired) electrons. The highest BCUT2D eigenvalue weighted by molar-refractivity contribution is 5.47. The second kappa shape index (κ2) is 4.73. The fourth-order valence-electron chi connectivity index (χ4n) is 2.17. The molecule has 2 N–H and O–H groups in total. The first-order chi connectivity index (χ1) is 7.65. The zero-order valence-corrected chi connectivity index (χ0v) is 9.54. The predicted molar refractivity (Wildman–Crippen MR) is 63.1 cm³/mol. The van der Waals surface area contributed by atoms with Crippen LogP contribution < -0.4 is 5.32 Å². The van der Waals surface area contributed by atoms with E-state index in [0.717, 1.165) is 18.0 Å². The number of anilines is 1. The van der Waals surface area contributed by atoms with Crippen molar-refractivity contribution >= 4 is 5.69 Å². The van der Waals surface area contributed by atoms with Gasteiger partial charge in [-0.3, -0.25) is 0 Å². The number of phenols is 1. The lowest BCUT2D eigenvalue weighted by atomic mass is 9.81. The largest absolute Gasteiger partial charge is 0.505 e. The molecule has 1 aromatic rings. The summed E-state index contributed by atoms with van der Waals surface area (Å²) in [6, 6.07) is 4.78. The first-order valence-electron chi connectivity index (χ1n) is 5.90. The number of hydrogen-bond donors (Lipinski definition) is 2. The Morgan fingerprint density at radius 3 is 2.81 bits per heavy atom. The summed E-state index contributed by atoms with van der Waals surface area (Å²) in [5.74, 6) is -0.0255. The molecule has 1 aromatic carbocycles. The molecule has 1 aliphatic carbocycles. The van der Waals surface area contributed by atoms with Crippen molar-refractivity contribution in [3.63, 3.8) is 0 Å². The van der Waals surface area contributed by atoms with Crippen LogP contribution in [0.25, 0.3) is 0 Å². The van der Waals surface area contributed by atoms with Crippen LogP contribution in [0.5, 0.6) is 5.75 Å². The zero-order chi connectivity index (χ0) is 11.5. The molecule has 0 bridgehead atoms. The van der Waals surface area contributed by atoms with Gasteiger partial charge in [0.05, 0.1) is 0 Å². The minimum absolute atomic E-state index is 0.294. The Hall–Kier alpha value is -1.25. The number of phenolic OH excluding ortho intramolecular Hbond substituents is 1. The summed E-state index contributed by atoms with van der Waals surface area (Å²) in [7, 11) is 0. The first-order valence-corrected chi connectivity index (χ1v) is 5.90. The van der Waals surface area contributed by atoms with Crippen LogP contribution >= 0.6 is 0 Å². The molecule has 1 unspecified atom stereocenters. The van der Waals surface area contributed by atoms with Gasteiger partial charge in [0.15, 0.2) is 11.6 Å². The SMILES string of the molecule is CC(CC1CCC1)Nc1ccc(O)c(F)c1. The van der Waals surface area contributed by atoms with Gasteiger partial charge in [-0.05, 0) is 31.4 Å². The summed E-state index contributed by atoms with van der Waals surface area (Å²) in [6.07, 6.45) is 5.15. The molecule has 0 amide bonds. The number of nitrogens with one attached hydrogen (secondary N) is 1. The summed E-state index contributed by atoms with van der Waals surface area (Å²) in [4.78, 5) is 0. The molecule has 16 heavy (non-hydrogen) atoms. The molecule has 1 atom stereocenters. The van der Waals surface area contributed by atoms with Gasteiger partial charge >= 0.3 is 0 Å². The van der Waals surface area contributed by atoms with Crippen molar-refractivity contribution in [2.24, 2.45) is 5.92 Å². The number of hydrogen-bond acceptors (Lipinski definition) is 2. The maximum absolute atomic E-state index is 13.1. The molecule has 1 fully saturated rings. The van der Waals surface area contributed by atoms with Gasteiger partial charge in [0.2, 0.25) is 0 Å². The lowest BCUT2D eigenvalue weighted by Gasteiger charge is -2.28. The van der Waals surface area contributed by atoms with Gasteiger partial charge in [0.1, 0.15) is 0 Å². The molecule has 1 aliphatic rings. The third kappa shape index (κ3) is 2.65. The van der Waals surface area contributed by atoms with E-state index in [-0.39, 0.29) is 5.75 Å². The van der Waals surface area contributed by atoms with E-state index >= 15 is 0 Å². The normalized spacial score (nSPS) is 17.9. The average Bonchev–Trinajstić information content (AvgIpc) is 2.18. The third-order valence-electron chi connectivity index (χ3n) is 3.27. The molecule has 2 nitrogen and oxygen atoms in total. The molecule has 0 heterocycles. The molecule has 2 rings (SSSR count). The average molecular weight is 223 g/mol. The van der Waals surface area contributed by atoms with Crippen LogP contribution in [-0.2, 0) is 0 Å². The highest BCUT2D eigenvalue weighted by Crippen LogP contribution is 2.31. The quantitative estimate of drug-likeness (QED) is 0.765. The van der Waals surface area contributed by atoms with Gasteiger partial charge < -0.3 is 10.4 Å². The number of rotatable bonds is 4. The van der Waals surface area contributed by atoms with Crippen molar-refractivity contribution in [2.45, 2.75) is 38.6 Å². The Bertz CT molecular complexity index is 363. The number of halogens is 1. The molecule has 0 aliphatic heterocycles. The van der Waals surface area contributed by atoms with Gasteiger partial charge in [0.25, 0.3) is 0 Å². The van der Waals surface area contributed by atoms with Crippen molar-refractivity contribution < 1.29 is 9.50 Å². The maximum atomic E-state index is 13.1. The van der Waals surface area contributed by atoms with E-state index in [1.807, 2.05) is 0 Å². The molecule has 1 saturated carbocycles. The molecule has 0 spiro atoms. The van der Waals surface area contributed by atoms with Crippen LogP contribution in [0.4, 0.5) is 10.1 Å². The fraction of sp³-hybridized carbons (Fsp3) is 0.538. The van der Waals surface area contributed by atoms with Crippen LogP contribution in [-0.4, -0.2) is 11.1 Å². The van der Waals surface area contributed by atoms with E-state index in [2.05, 4.69) is 12.2 Å². The topological polar surface area (TPSA) is 32.3 Å². The summed E-state index contributed by atoms with van der Waals surface area (Å²) in [6.45, 7) is 2.11. The molecule has 88 valence electrons. The summed E-state index contributed by atoms with van der Waals surface area (Å²) in [5, 5.41) is 12.3. The minimum Gasteiger partial charge on any atom is -0.505 e. The molecule has 0 saturated heterocycles. The third-order valence-corrected chi connectivity index (χ3v) is 3.27. The molecular weight excluding hydrogens is 205 g/mol. The summed E-state index contributed by atoms with van der Waals surface area (Å²) in [5.41, 5.74) is 0.738. The zero-order valence-electron chi connectivity index (χ0n) is 9.54. The van der Waals surface area contributed by atoms with Gasteiger partial charge in [-0.1, -0.05) is 19.3 Å². The van der Waals surface area contributed by atoms with Crippen molar-refractivity contribution in [3.05, 3.63) is 24.0 Å². The Balaban J connectivity index is 1.89. The van der Waals surface area contributed by atoms with Gasteiger partial charge in [-0.2, -0.15) is 0 Å². The van der Waals surface area contributed by atoms with E-state index in [4.69, 9.17) is 5.11 Å². The van der Waals surface area contributed by atoms with Crippen LogP contribution in [0, 0.1) is 11.7 Å². The van der Waals surface area contributed by atoms with E-state index in [9.17, 15) is 4.39 Å².